The molecule has 1 amide bonds. The van der Waals surface area contributed by atoms with Crippen molar-refractivity contribution in [3.8, 4) is 11.4 Å². The molecule has 0 unspecified atom stereocenters. The van der Waals surface area contributed by atoms with Crippen LogP contribution in [0.1, 0.15) is 18.4 Å². The Bertz CT molecular complexity index is 603. The monoisotopic (exact) mass is 257 g/mol. The summed E-state index contributed by atoms with van der Waals surface area (Å²) in [5.41, 5.74) is 2.03. The molecule has 2 aromatic rings. The van der Waals surface area contributed by atoms with Crippen molar-refractivity contribution >= 4 is 5.91 Å². The smallest absolute Gasteiger partial charge is 0.243 e. The van der Waals surface area contributed by atoms with Crippen molar-refractivity contribution in [2.45, 2.75) is 32.4 Å². The summed E-state index contributed by atoms with van der Waals surface area (Å²) in [6.07, 6.45) is 2.15. The molecule has 1 aromatic heterocycles. The highest BCUT2D eigenvalue weighted by molar-refractivity contribution is 5.76. The first-order valence-corrected chi connectivity index (χ1v) is 6.35. The first kappa shape index (κ1) is 11.8. The van der Waals surface area contributed by atoms with Crippen LogP contribution in [0.25, 0.3) is 11.4 Å². The van der Waals surface area contributed by atoms with Crippen LogP contribution in [0.5, 0.6) is 0 Å². The van der Waals surface area contributed by atoms with Gasteiger partial charge in [0.1, 0.15) is 6.54 Å². The van der Waals surface area contributed by atoms with Gasteiger partial charge in [0.15, 0.2) is 0 Å². The van der Waals surface area contributed by atoms with Gasteiger partial charge < -0.3 is 5.32 Å². The van der Waals surface area contributed by atoms with Crippen molar-refractivity contribution in [2.24, 2.45) is 0 Å². The highest BCUT2D eigenvalue weighted by atomic mass is 16.2. The maximum absolute atomic E-state index is 11.6. The first-order chi connectivity index (χ1) is 9.22. The number of carbonyl (C=O) groups is 1. The highest BCUT2D eigenvalue weighted by Crippen LogP contribution is 2.19. The number of hydrogen-bond acceptors (Lipinski definition) is 4. The van der Waals surface area contributed by atoms with Gasteiger partial charge >= 0.3 is 0 Å². The minimum Gasteiger partial charge on any atom is -0.352 e. The molecular weight excluding hydrogens is 242 g/mol. The maximum atomic E-state index is 11.6. The molecule has 1 heterocycles. The summed E-state index contributed by atoms with van der Waals surface area (Å²) in [7, 11) is 0. The van der Waals surface area contributed by atoms with E-state index >= 15 is 0 Å². The quantitative estimate of drug-likeness (QED) is 0.884. The van der Waals surface area contributed by atoms with E-state index < -0.39 is 0 Å². The molecular formula is C13H15N5O. The number of aryl methyl sites for hydroxylation is 1. The summed E-state index contributed by atoms with van der Waals surface area (Å²) in [6, 6.07) is 8.19. The Labute approximate surface area is 110 Å². The molecule has 0 spiro atoms. The third kappa shape index (κ3) is 2.78. The van der Waals surface area contributed by atoms with Gasteiger partial charge in [-0.2, -0.15) is 4.80 Å². The zero-order chi connectivity index (χ0) is 13.2. The minimum atomic E-state index is -0.0590. The lowest BCUT2D eigenvalue weighted by Crippen LogP contribution is -2.30. The SMILES string of the molecule is Cc1ccccc1-c1nnn(CC(=O)NC2CC2)n1. The van der Waals surface area contributed by atoms with E-state index in [0.717, 1.165) is 24.0 Å². The van der Waals surface area contributed by atoms with Crippen molar-refractivity contribution in [1.29, 1.82) is 0 Å². The molecule has 0 saturated heterocycles. The van der Waals surface area contributed by atoms with Crippen LogP contribution in [0.4, 0.5) is 0 Å². The largest absolute Gasteiger partial charge is 0.352 e. The third-order valence-electron chi connectivity index (χ3n) is 3.07. The molecule has 19 heavy (non-hydrogen) atoms. The molecule has 0 radical (unpaired) electrons. The molecule has 0 bridgehead atoms. The number of benzene rings is 1. The second-order valence-corrected chi connectivity index (χ2v) is 4.80. The standard InChI is InChI=1S/C13H15N5O/c1-9-4-2-3-5-11(9)13-15-17-18(16-13)8-12(19)14-10-6-7-10/h2-5,10H,6-8H2,1H3,(H,14,19). The number of aromatic nitrogens is 4. The number of nitrogens with one attached hydrogen (secondary N) is 1. The summed E-state index contributed by atoms with van der Waals surface area (Å²) in [6.45, 7) is 2.12. The Kier molecular flexibility index (Phi) is 2.98. The Morgan fingerprint density at radius 1 is 1.42 bits per heavy atom. The molecule has 3 rings (SSSR count). The van der Waals surface area contributed by atoms with Crippen LogP contribution in [0.2, 0.25) is 0 Å². The molecule has 6 nitrogen and oxygen atoms in total. The van der Waals surface area contributed by atoms with Gasteiger partial charge in [0.2, 0.25) is 11.7 Å². The molecule has 98 valence electrons. The predicted molar refractivity (Wildman–Crippen MR) is 69.2 cm³/mol. The average molecular weight is 257 g/mol. The molecule has 1 fully saturated rings. The summed E-state index contributed by atoms with van der Waals surface area (Å²) in [5.74, 6) is 0.494. The molecule has 0 aliphatic heterocycles. The van der Waals surface area contributed by atoms with E-state index in [2.05, 4.69) is 20.7 Å². The Morgan fingerprint density at radius 3 is 2.95 bits per heavy atom. The van der Waals surface area contributed by atoms with Crippen molar-refractivity contribution in [3.63, 3.8) is 0 Å². The van der Waals surface area contributed by atoms with Crippen LogP contribution in [-0.2, 0) is 11.3 Å². The summed E-state index contributed by atoms with van der Waals surface area (Å²) < 4.78 is 0. The fourth-order valence-corrected chi connectivity index (χ4v) is 1.87. The van der Waals surface area contributed by atoms with Crippen LogP contribution in [0.3, 0.4) is 0 Å². The normalized spacial score (nSPS) is 14.4. The molecule has 1 aliphatic rings. The fourth-order valence-electron chi connectivity index (χ4n) is 1.87. The van der Waals surface area contributed by atoms with E-state index in [9.17, 15) is 4.79 Å². The van der Waals surface area contributed by atoms with Gasteiger partial charge in [-0.15, -0.1) is 10.2 Å². The van der Waals surface area contributed by atoms with Crippen molar-refractivity contribution < 1.29 is 4.79 Å². The molecule has 6 heteroatoms. The topological polar surface area (TPSA) is 72.7 Å². The van der Waals surface area contributed by atoms with E-state index in [1.54, 1.807) is 0 Å². The highest BCUT2D eigenvalue weighted by Gasteiger charge is 2.23. The van der Waals surface area contributed by atoms with Crippen LogP contribution in [0.15, 0.2) is 24.3 Å². The van der Waals surface area contributed by atoms with Gasteiger partial charge in [-0.05, 0) is 30.5 Å². The van der Waals surface area contributed by atoms with Crippen LogP contribution < -0.4 is 5.32 Å². The van der Waals surface area contributed by atoms with E-state index in [1.165, 1.54) is 4.80 Å². The molecule has 1 aromatic carbocycles. The molecule has 1 saturated carbocycles. The lowest BCUT2D eigenvalue weighted by atomic mass is 10.1. The van der Waals surface area contributed by atoms with E-state index in [0.29, 0.717) is 11.9 Å². The molecule has 0 atom stereocenters. The second-order valence-electron chi connectivity index (χ2n) is 4.80. The number of carbonyl (C=O) groups excluding carboxylic acids is 1. The minimum absolute atomic E-state index is 0.0590. The van der Waals surface area contributed by atoms with E-state index in [-0.39, 0.29) is 12.5 Å². The average Bonchev–Trinajstić information content (AvgIpc) is 3.07. The Balaban J connectivity index is 1.72. The Morgan fingerprint density at radius 2 is 2.21 bits per heavy atom. The molecule has 1 N–H and O–H groups in total. The molecule has 1 aliphatic carbocycles. The lowest BCUT2D eigenvalue weighted by molar-refractivity contribution is -0.122. The maximum Gasteiger partial charge on any atom is 0.243 e. The van der Waals surface area contributed by atoms with Crippen molar-refractivity contribution in [1.82, 2.24) is 25.5 Å². The fraction of sp³-hybridized carbons (Fsp3) is 0.385. The first-order valence-electron chi connectivity index (χ1n) is 6.35. The van der Waals surface area contributed by atoms with Gasteiger partial charge in [0.25, 0.3) is 0 Å². The number of amides is 1. The number of hydrogen-bond donors (Lipinski definition) is 1. The summed E-state index contributed by atoms with van der Waals surface area (Å²) in [5, 5.41) is 15.1. The number of nitrogens with zero attached hydrogens (tertiary/aromatic N) is 4. The Hall–Kier alpha value is -2.24. The number of tetrazole rings is 1. The summed E-state index contributed by atoms with van der Waals surface area (Å²) >= 11 is 0. The van der Waals surface area contributed by atoms with Crippen molar-refractivity contribution in [3.05, 3.63) is 29.8 Å². The van der Waals surface area contributed by atoms with Gasteiger partial charge in [-0.3, -0.25) is 4.79 Å². The predicted octanol–water partition coefficient (Wildman–Crippen LogP) is 0.927. The van der Waals surface area contributed by atoms with Crippen LogP contribution in [-0.4, -0.2) is 32.2 Å². The lowest BCUT2D eigenvalue weighted by Gasteiger charge is -2.01. The number of rotatable bonds is 4. The van der Waals surface area contributed by atoms with Gasteiger partial charge in [0, 0.05) is 11.6 Å². The zero-order valence-corrected chi connectivity index (χ0v) is 10.7. The zero-order valence-electron chi connectivity index (χ0n) is 10.7. The second kappa shape index (κ2) is 4.79. The van der Waals surface area contributed by atoms with Crippen LogP contribution in [0, 0.1) is 6.92 Å². The van der Waals surface area contributed by atoms with Crippen molar-refractivity contribution in [2.75, 3.05) is 0 Å². The summed E-state index contributed by atoms with van der Waals surface area (Å²) in [4.78, 5) is 13.0. The van der Waals surface area contributed by atoms with E-state index in [4.69, 9.17) is 0 Å². The van der Waals surface area contributed by atoms with Gasteiger partial charge in [0.05, 0.1) is 0 Å². The third-order valence-corrected chi connectivity index (χ3v) is 3.07. The van der Waals surface area contributed by atoms with Gasteiger partial charge in [-0.1, -0.05) is 24.3 Å². The van der Waals surface area contributed by atoms with E-state index in [1.807, 2.05) is 31.2 Å². The van der Waals surface area contributed by atoms with Crippen LogP contribution >= 0.6 is 0 Å². The van der Waals surface area contributed by atoms with Gasteiger partial charge in [-0.25, -0.2) is 0 Å².